The van der Waals surface area contributed by atoms with Crippen LogP contribution in [-0.4, -0.2) is 25.0 Å². The average Bonchev–Trinajstić information content (AvgIpc) is 2.75. The third kappa shape index (κ3) is 2.46. The van der Waals surface area contributed by atoms with E-state index >= 15 is 0 Å². The van der Waals surface area contributed by atoms with E-state index in [1.54, 1.807) is 11.3 Å². The molecule has 5 heteroatoms. The predicted octanol–water partition coefficient (Wildman–Crippen LogP) is 1.44. The minimum Gasteiger partial charge on any atom is -0.348 e. The Hall–Kier alpha value is -0.140. The maximum absolute atomic E-state index is 11.7. The quantitative estimate of drug-likeness (QED) is 0.809. The monoisotopic (exact) mass is 322 g/mol. The molecule has 1 aliphatic heterocycles. The molecule has 0 bridgehead atoms. The van der Waals surface area contributed by atoms with Crippen molar-refractivity contribution in [2.75, 3.05) is 13.1 Å². The number of hydrogen-bond donors (Lipinski definition) is 2. The summed E-state index contributed by atoms with van der Waals surface area (Å²) >= 11 is 3.83. The van der Waals surface area contributed by atoms with Gasteiger partial charge in [0.05, 0.1) is 8.45 Å². The van der Waals surface area contributed by atoms with Gasteiger partial charge in [0.2, 0.25) is 0 Å². The molecule has 1 atom stereocenters. The maximum atomic E-state index is 11.7. The molecule has 0 aliphatic carbocycles. The Balaban J connectivity index is 1.95. The first kappa shape index (κ1) is 10.4. The number of carbonyl (C=O) groups is 1. The predicted molar refractivity (Wildman–Crippen MR) is 65.8 cm³/mol. The maximum Gasteiger partial charge on any atom is 0.252 e. The molecule has 0 saturated carbocycles. The van der Waals surface area contributed by atoms with E-state index in [0.29, 0.717) is 6.04 Å². The third-order valence-electron chi connectivity index (χ3n) is 2.23. The van der Waals surface area contributed by atoms with Gasteiger partial charge in [-0.1, -0.05) is 0 Å². The van der Waals surface area contributed by atoms with E-state index in [2.05, 4.69) is 33.2 Å². The smallest absolute Gasteiger partial charge is 0.252 e. The van der Waals surface area contributed by atoms with E-state index in [1.807, 2.05) is 11.4 Å². The summed E-state index contributed by atoms with van der Waals surface area (Å²) in [6.45, 7) is 1.90. The lowest BCUT2D eigenvalue weighted by Crippen LogP contribution is -2.35. The molecule has 1 aliphatic rings. The van der Waals surface area contributed by atoms with Crippen LogP contribution in [0.1, 0.15) is 16.8 Å². The van der Waals surface area contributed by atoms with E-state index < -0.39 is 0 Å². The largest absolute Gasteiger partial charge is 0.348 e. The molecule has 1 saturated heterocycles. The summed E-state index contributed by atoms with van der Waals surface area (Å²) in [6.07, 6.45) is 1.03. The number of halogens is 1. The van der Waals surface area contributed by atoms with E-state index in [1.165, 1.54) is 0 Å². The second-order valence-corrected chi connectivity index (χ2v) is 6.11. The minimum absolute atomic E-state index is 0.0536. The lowest BCUT2D eigenvalue weighted by Gasteiger charge is -2.09. The first-order valence-electron chi connectivity index (χ1n) is 4.51. The summed E-state index contributed by atoms with van der Waals surface area (Å²) < 4.78 is 1.15. The van der Waals surface area contributed by atoms with Crippen LogP contribution >= 0.6 is 33.9 Å². The van der Waals surface area contributed by atoms with Gasteiger partial charge in [-0.2, -0.15) is 0 Å². The van der Waals surface area contributed by atoms with Gasteiger partial charge < -0.3 is 10.6 Å². The van der Waals surface area contributed by atoms with Crippen LogP contribution in [0.2, 0.25) is 0 Å². The van der Waals surface area contributed by atoms with Gasteiger partial charge in [-0.15, -0.1) is 11.3 Å². The number of amides is 1. The van der Waals surface area contributed by atoms with Gasteiger partial charge in [0.25, 0.3) is 5.91 Å². The zero-order valence-electron chi connectivity index (χ0n) is 7.55. The molecule has 3 nitrogen and oxygen atoms in total. The number of carbonyl (C=O) groups excluding carboxylic acids is 1. The van der Waals surface area contributed by atoms with Crippen LogP contribution in [0.5, 0.6) is 0 Å². The zero-order valence-corrected chi connectivity index (χ0v) is 10.5. The lowest BCUT2D eigenvalue weighted by atomic mass is 10.2. The highest BCUT2D eigenvalue weighted by molar-refractivity contribution is 14.1. The van der Waals surface area contributed by atoms with Crippen LogP contribution in [0.4, 0.5) is 0 Å². The highest BCUT2D eigenvalue weighted by Gasteiger charge is 2.17. The summed E-state index contributed by atoms with van der Waals surface area (Å²) in [6, 6.07) is 2.23. The van der Waals surface area contributed by atoms with Gasteiger partial charge in [0, 0.05) is 18.0 Å². The molecular weight excluding hydrogens is 311 g/mol. The second-order valence-electron chi connectivity index (χ2n) is 3.30. The van der Waals surface area contributed by atoms with Gasteiger partial charge in [-0.3, -0.25) is 4.79 Å². The molecule has 0 aromatic carbocycles. The van der Waals surface area contributed by atoms with Crippen molar-refractivity contribution < 1.29 is 4.79 Å². The molecule has 1 unspecified atom stereocenters. The Bertz CT molecular complexity index is 333. The van der Waals surface area contributed by atoms with Crippen molar-refractivity contribution in [3.63, 3.8) is 0 Å². The van der Waals surface area contributed by atoms with Crippen molar-refractivity contribution in [2.24, 2.45) is 0 Å². The third-order valence-corrected chi connectivity index (χ3v) is 4.01. The van der Waals surface area contributed by atoms with Crippen LogP contribution in [0.3, 0.4) is 0 Å². The highest BCUT2D eigenvalue weighted by atomic mass is 127. The number of hydrogen-bond acceptors (Lipinski definition) is 3. The normalized spacial score (nSPS) is 21.1. The van der Waals surface area contributed by atoms with E-state index in [-0.39, 0.29) is 5.91 Å². The van der Waals surface area contributed by atoms with Gasteiger partial charge >= 0.3 is 0 Å². The van der Waals surface area contributed by atoms with Gasteiger partial charge in [0.15, 0.2) is 0 Å². The lowest BCUT2D eigenvalue weighted by molar-refractivity contribution is 0.0940. The summed E-state index contributed by atoms with van der Waals surface area (Å²) in [5, 5.41) is 8.13. The van der Waals surface area contributed by atoms with Crippen LogP contribution in [-0.2, 0) is 0 Å². The highest BCUT2D eigenvalue weighted by Crippen LogP contribution is 2.16. The molecule has 14 heavy (non-hydrogen) atoms. The topological polar surface area (TPSA) is 41.1 Å². The summed E-state index contributed by atoms with van der Waals surface area (Å²) in [5.41, 5.74) is 0.784. The van der Waals surface area contributed by atoms with Crippen molar-refractivity contribution in [1.29, 1.82) is 0 Å². The fourth-order valence-electron chi connectivity index (χ4n) is 1.48. The second kappa shape index (κ2) is 4.59. The Morgan fingerprint density at radius 1 is 1.71 bits per heavy atom. The van der Waals surface area contributed by atoms with Crippen molar-refractivity contribution in [1.82, 2.24) is 10.6 Å². The molecule has 1 aromatic heterocycles. The fraction of sp³-hybridized carbons (Fsp3) is 0.444. The Labute approximate surface area is 100 Å². The summed E-state index contributed by atoms with van der Waals surface area (Å²) in [4.78, 5) is 11.7. The molecule has 2 heterocycles. The first-order valence-corrected chi connectivity index (χ1v) is 6.47. The molecule has 76 valence electrons. The Morgan fingerprint density at radius 3 is 3.14 bits per heavy atom. The first-order chi connectivity index (χ1) is 6.75. The molecular formula is C9H11IN2OS. The van der Waals surface area contributed by atoms with Crippen molar-refractivity contribution >= 4 is 39.8 Å². The minimum atomic E-state index is 0.0536. The number of rotatable bonds is 2. The van der Waals surface area contributed by atoms with Gasteiger partial charge in [-0.05, 0) is 41.6 Å². The van der Waals surface area contributed by atoms with Crippen LogP contribution in [0, 0.1) is 2.88 Å². The summed E-state index contributed by atoms with van der Waals surface area (Å²) in [5.74, 6) is 0.0536. The molecule has 2 rings (SSSR count). The molecule has 0 spiro atoms. The molecule has 1 fully saturated rings. The Morgan fingerprint density at radius 2 is 2.57 bits per heavy atom. The van der Waals surface area contributed by atoms with Crippen molar-refractivity contribution in [3.8, 4) is 0 Å². The molecule has 1 aromatic rings. The van der Waals surface area contributed by atoms with Crippen molar-refractivity contribution in [2.45, 2.75) is 12.5 Å². The molecule has 1 amide bonds. The standard InChI is InChI=1S/C9H11IN2OS/c10-8-3-6(5-14-8)9(13)12-7-1-2-11-4-7/h3,5,7,11H,1-2,4H2,(H,12,13). The number of thiophene rings is 1. The van der Waals surface area contributed by atoms with E-state index in [4.69, 9.17) is 0 Å². The molecule has 0 radical (unpaired) electrons. The van der Waals surface area contributed by atoms with E-state index in [0.717, 1.165) is 28.0 Å². The molecule has 2 N–H and O–H groups in total. The van der Waals surface area contributed by atoms with Crippen LogP contribution < -0.4 is 10.6 Å². The number of nitrogens with one attached hydrogen (secondary N) is 2. The van der Waals surface area contributed by atoms with Crippen LogP contribution in [0.25, 0.3) is 0 Å². The van der Waals surface area contributed by atoms with Gasteiger partial charge in [0.1, 0.15) is 0 Å². The van der Waals surface area contributed by atoms with Crippen molar-refractivity contribution in [3.05, 3.63) is 19.9 Å². The zero-order chi connectivity index (χ0) is 9.97. The SMILES string of the molecule is O=C(NC1CCNC1)c1csc(I)c1. The summed E-state index contributed by atoms with van der Waals surface area (Å²) in [7, 11) is 0. The average molecular weight is 322 g/mol. The Kier molecular flexibility index (Phi) is 3.40. The van der Waals surface area contributed by atoms with Crippen LogP contribution in [0.15, 0.2) is 11.4 Å². The van der Waals surface area contributed by atoms with E-state index in [9.17, 15) is 4.79 Å². The fourth-order valence-corrected chi connectivity index (χ4v) is 2.80. The van der Waals surface area contributed by atoms with Gasteiger partial charge in [-0.25, -0.2) is 0 Å².